The minimum atomic E-state index is -0.792. The van der Waals surface area contributed by atoms with Crippen LogP contribution in [0.5, 0.6) is 0 Å². The molecule has 4 rings (SSSR count). The largest absolute Gasteiger partial charge is 0.438 e. The highest BCUT2D eigenvalue weighted by molar-refractivity contribution is 7.13. The van der Waals surface area contributed by atoms with Gasteiger partial charge in [0.05, 0.1) is 5.69 Å². The summed E-state index contributed by atoms with van der Waals surface area (Å²) in [5, 5.41) is 5.77. The minimum absolute atomic E-state index is 0.0298. The summed E-state index contributed by atoms with van der Waals surface area (Å²) >= 11 is 7.25. The van der Waals surface area contributed by atoms with Crippen molar-refractivity contribution in [1.29, 1.82) is 0 Å². The lowest BCUT2D eigenvalue weighted by molar-refractivity contribution is 0.102. The number of hydrogen-bond acceptors (Lipinski definition) is 5. The van der Waals surface area contributed by atoms with Crippen molar-refractivity contribution >= 4 is 50.6 Å². The maximum absolute atomic E-state index is 13.5. The molecule has 9 heteroatoms. The summed E-state index contributed by atoms with van der Waals surface area (Å²) in [4.78, 5) is 20.9. The number of hydrogen-bond donors (Lipinski definition) is 1. The van der Waals surface area contributed by atoms with Gasteiger partial charge >= 0.3 is 0 Å². The van der Waals surface area contributed by atoms with Gasteiger partial charge in [-0.25, -0.2) is 18.8 Å². The van der Waals surface area contributed by atoms with Gasteiger partial charge in [0.2, 0.25) is 5.55 Å². The molecule has 0 spiro atoms. The molecule has 140 valence electrons. The topological polar surface area (TPSA) is 67.5 Å². The summed E-state index contributed by atoms with van der Waals surface area (Å²) in [6, 6.07) is 9.21. The number of carbonyl (C=O) groups is 1. The van der Waals surface area contributed by atoms with Gasteiger partial charge in [0.1, 0.15) is 22.8 Å². The molecule has 0 aliphatic heterocycles. The van der Waals surface area contributed by atoms with Crippen molar-refractivity contribution in [3.05, 3.63) is 81.8 Å². The Morgan fingerprint density at radius 2 is 1.93 bits per heavy atom. The van der Waals surface area contributed by atoms with Gasteiger partial charge in [-0.15, -0.1) is 11.3 Å². The molecule has 0 aliphatic carbocycles. The summed E-state index contributed by atoms with van der Waals surface area (Å²) in [5.74, 6) is -2.11. The van der Waals surface area contributed by atoms with Crippen LogP contribution in [0.3, 0.4) is 0 Å². The number of aromatic nitrogens is 1. The Bertz CT molecular complexity index is 1240. The third-order valence-corrected chi connectivity index (χ3v) is 4.61. The molecule has 5 nitrogen and oxygen atoms in total. The van der Waals surface area contributed by atoms with Gasteiger partial charge in [-0.05, 0) is 36.4 Å². The monoisotopic (exact) mass is 417 g/mol. The van der Waals surface area contributed by atoms with E-state index >= 15 is 0 Å². The SMILES string of the molecule is O=C(Nc1nccs1)c1cc2cc(Cl)ccc2oc1=Nc1cc(F)cc(F)c1. The van der Waals surface area contributed by atoms with Gasteiger partial charge in [-0.1, -0.05) is 11.6 Å². The first-order valence-electron chi connectivity index (χ1n) is 7.93. The quantitative estimate of drug-likeness (QED) is 0.491. The Kier molecular flexibility index (Phi) is 4.89. The van der Waals surface area contributed by atoms with Gasteiger partial charge in [0, 0.05) is 28.1 Å². The molecule has 28 heavy (non-hydrogen) atoms. The summed E-state index contributed by atoms with van der Waals surface area (Å²) in [6.45, 7) is 0. The van der Waals surface area contributed by atoms with Crippen molar-refractivity contribution in [3.8, 4) is 0 Å². The van der Waals surface area contributed by atoms with E-state index in [2.05, 4.69) is 15.3 Å². The number of carbonyl (C=O) groups excluding carboxylic acids is 1. The number of halogens is 3. The van der Waals surface area contributed by atoms with E-state index < -0.39 is 17.5 Å². The lowest BCUT2D eigenvalue weighted by Gasteiger charge is -2.05. The number of nitrogens with one attached hydrogen (secondary N) is 1. The lowest BCUT2D eigenvalue weighted by atomic mass is 10.1. The summed E-state index contributed by atoms with van der Waals surface area (Å²) in [7, 11) is 0. The molecule has 0 saturated carbocycles. The molecule has 0 saturated heterocycles. The Morgan fingerprint density at radius 1 is 1.14 bits per heavy atom. The highest BCUT2D eigenvalue weighted by Crippen LogP contribution is 2.21. The number of anilines is 1. The number of nitrogens with zero attached hydrogens (tertiary/aromatic N) is 2. The van der Waals surface area contributed by atoms with E-state index in [4.69, 9.17) is 16.0 Å². The zero-order valence-corrected chi connectivity index (χ0v) is 15.5. The minimum Gasteiger partial charge on any atom is -0.438 e. The average Bonchev–Trinajstić information content (AvgIpc) is 3.13. The van der Waals surface area contributed by atoms with Crippen LogP contribution in [0.4, 0.5) is 19.6 Å². The first-order valence-corrected chi connectivity index (χ1v) is 9.19. The first kappa shape index (κ1) is 18.3. The number of amides is 1. The van der Waals surface area contributed by atoms with Crippen molar-refractivity contribution in [2.24, 2.45) is 4.99 Å². The lowest BCUT2D eigenvalue weighted by Crippen LogP contribution is -2.21. The number of benzene rings is 2. The van der Waals surface area contributed by atoms with E-state index in [1.807, 2.05) is 0 Å². The number of fused-ring (bicyclic) bond motifs is 1. The van der Waals surface area contributed by atoms with Crippen LogP contribution in [-0.4, -0.2) is 10.9 Å². The highest BCUT2D eigenvalue weighted by atomic mass is 35.5. The maximum atomic E-state index is 13.5. The van der Waals surface area contributed by atoms with Gasteiger partial charge < -0.3 is 4.42 Å². The summed E-state index contributed by atoms with van der Waals surface area (Å²) in [6.07, 6.45) is 1.55. The summed E-state index contributed by atoms with van der Waals surface area (Å²) < 4.78 is 32.7. The molecule has 2 heterocycles. The Morgan fingerprint density at radius 3 is 2.64 bits per heavy atom. The van der Waals surface area contributed by atoms with E-state index in [0.29, 0.717) is 21.1 Å². The molecule has 2 aromatic carbocycles. The van der Waals surface area contributed by atoms with Crippen LogP contribution in [0.15, 0.2) is 63.5 Å². The molecule has 4 aromatic rings. The van der Waals surface area contributed by atoms with E-state index in [0.717, 1.165) is 18.2 Å². The molecule has 0 fully saturated rings. The smallest absolute Gasteiger partial charge is 0.262 e. The molecular weight excluding hydrogens is 408 g/mol. The van der Waals surface area contributed by atoms with Crippen LogP contribution < -0.4 is 10.9 Å². The van der Waals surface area contributed by atoms with Gasteiger partial charge in [0.25, 0.3) is 5.91 Å². The van der Waals surface area contributed by atoms with E-state index in [-0.39, 0.29) is 16.8 Å². The van der Waals surface area contributed by atoms with E-state index in [1.165, 1.54) is 11.3 Å². The fourth-order valence-corrected chi connectivity index (χ4v) is 3.22. The third kappa shape index (κ3) is 3.92. The standard InChI is InChI=1S/C19H10ClF2N3O2S/c20-11-1-2-16-10(5-11)6-15(17(26)25-19-23-3-4-28-19)18(27-16)24-14-8-12(21)7-13(22)9-14/h1-9H,(H,23,25,26). The number of rotatable bonds is 3. The number of thiazole rings is 1. The van der Waals surface area contributed by atoms with Gasteiger partial charge in [-0.2, -0.15) is 0 Å². The van der Waals surface area contributed by atoms with Gasteiger partial charge in [-0.3, -0.25) is 10.1 Å². The Hall–Kier alpha value is -3.10. The van der Waals surface area contributed by atoms with Crippen molar-refractivity contribution in [3.63, 3.8) is 0 Å². The van der Waals surface area contributed by atoms with Crippen LogP contribution in [0.25, 0.3) is 11.0 Å². The summed E-state index contributed by atoms with van der Waals surface area (Å²) in [5.41, 5.74) is 0.340. The molecule has 2 aromatic heterocycles. The van der Waals surface area contributed by atoms with Crippen molar-refractivity contribution in [1.82, 2.24) is 4.98 Å². The fourth-order valence-electron chi connectivity index (χ4n) is 2.52. The second-order valence-electron chi connectivity index (χ2n) is 5.68. The van der Waals surface area contributed by atoms with Crippen molar-refractivity contribution in [2.75, 3.05) is 5.32 Å². The molecule has 1 amide bonds. The Labute approximate surface area is 165 Å². The molecule has 0 radical (unpaired) electrons. The normalized spacial score (nSPS) is 11.8. The predicted octanol–water partition coefficient (Wildman–Crippen LogP) is 5.31. The van der Waals surface area contributed by atoms with Crippen LogP contribution in [0, 0.1) is 11.6 Å². The molecule has 1 N–H and O–H groups in total. The van der Waals surface area contributed by atoms with Crippen LogP contribution in [0.2, 0.25) is 5.02 Å². The molecule has 0 atom stereocenters. The molecule has 0 unspecified atom stereocenters. The maximum Gasteiger partial charge on any atom is 0.262 e. The molecular formula is C19H10ClF2N3O2S. The third-order valence-electron chi connectivity index (χ3n) is 3.68. The predicted molar refractivity (Wildman–Crippen MR) is 103 cm³/mol. The van der Waals surface area contributed by atoms with Crippen LogP contribution in [-0.2, 0) is 0 Å². The second kappa shape index (κ2) is 7.49. The van der Waals surface area contributed by atoms with Crippen LogP contribution in [0.1, 0.15) is 10.4 Å². The zero-order chi connectivity index (χ0) is 19.7. The molecule has 0 bridgehead atoms. The van der Waals surface area contributed by atoms with E-state index in [1.54, 1.807) is 35.8 Å². The van der Waals surface area contributed by atoms with Gasteiger partial charge in [0.15, 0.2) is 5.13 Å². The molecule has 0 aliphatic rings. The van der Waals surface area contributed by atoms with Crippen LogP contribution >= 0.6 is 22.9 Å². The zero-order valence-electron chi connectivity index (χ0n) is 13.9. The fraction of sp³-hybridized carbons (Fsp3) is 0. The van der Waals surface area contributed by atoms with Crippen molar-refractivity contribution < 1.29 is 18.0 Å². The van der Waals surface area contributed by atoms with Crippen molar-refractivity contribution in [2.45, 2.75) is 0 Å². The second-order valence-corrected chi connectivity index (χ2v) is 7.01. The highest BCUT2D eigenvalue weighted by Gasteiger charge is 2.15. The average molecular weight is 418 g/mol. The Balaban J connectivity index is 1.90. The van der Waals surface area contributed by atoms with E-state index in [9.17, 15) is 13.6 Å². The first-order chi connectivity index (χ1) is 13.5.